The zero-order chi connectivity index (χ0) is 10.1. The molecule has 14 heavy (non-hydrogen) atoms. The lowest BCUT2D eigenvalue weighted by Crippen LogP contribution is -2.30. The van der Waals surface area contributed by atoms with Crippen LogP contribution in [0.5, 0.6) is 0 Å². The van der Waals surface area contributed by atoms with Crippen molar-refractivity contribution in [2.75, 3.05) is 0 Å². The lowest BCUT2D eigenvalue weighted by Gasteiger charge is -1.99. The number of amides is 1. The third-order valence-electron chi connectivity index (χ3n) is 1.83. The molecule has 0 saturated carbocycles. The van der Waals surface area contributed by atoms with Gasteiger partial charge in [-0.05, 0) is 28.1 Å². The van der Waals surface area contributed by atoms with Crippen molar-refractivity contribution in [3.63, 3.8) is 0 Å². The molecule has 2 aromatic heterocycles. The van der Waals surface area contributed by atoms with E-state index in [2.05, 4.69) is 26.3 Å². The number of hydrazine groups is 1. The Bertz CT molecular complexity index is 493. The van der Waals surface area contributed by atoms with Crippen molar-refractivity contribution < 1.29 is 4.79 Å². The first kappa shape index (κ1) is 9.17. The van der Waals surface area contributed by atoms with Gasteiger partial charge in [0.2, 0.25) is 0 Å². The SMILES string of the molecule is NNC(=O)c1cnc2ccc(Br)cn12. The van der Waals surface area contributed by atoms with Crippen molar-refractivity contribution in [1.82, 2.24) is 14.8 Å². The van der Waals surface area contributed by atoms with E-state index in [4.69, 9.17) is 5.84 Å². The Labute approximate surface area is 88.0 Å². The maximum Gasteiger partial charge on any atom is 0.283 e. The molecule has 0 bridgehead atoms. The highest BCUT2D eigenvalue weighted by Gasteiger charge is 2.09. The smallest absolute Gasteiger partial charge is 0.283 e. The number of nitrogens with one attached hydrogen (secondary N) is 1. The monoisotopic (exact) mass is 254 g/mol. The highest BCUT2D eigenvalue weighted by atomic mass is 79.9. The average molecular weight is 255 g/mol. The van der Waals surface area contributed by atoms with Crippen LogP contribution in [-0.4, -0.2) is 15.3 Å². The molecule has 2 aromatic rings. The van der Waals surface area contributed by atoms with Gasteiger partial charge in [-0.2, -0.15) is 0 Å². The molecule has 5 nitrogen and oxygen atoms in total. The van der Waals surface area contributed by atoms with Crippen LogP contribution in [0.4, 0.5) is 0 Å². The normalized spacial score (nSPS) is 10.4. The largest absolute Gasteiger partial charge is 0.294 e. The molecule has 0 aromatic carbocycles. The number of hydrogen-bond acceptors (Lipinski definition) is 3. The summed E-state index contributed by atoms with van der Waals surface area (Å²) in [5, 5.41) is 0. The number of nitrogen functional groups attached to an aromatic ring is 1. The van der Waals surface area contributed by atoms with E-state index in [1.165, 1.54) is 6.20 Å². The lowest BCUT2D eigenvalue weighted by molar-refractivity contribution is 0.0948. The zero-order valence-electron chi connectivity index (χ0n) is 7.07. The van der Waals surface area contributed by atoms with Gasteiger partial charge < -0.3 is 0 Å². The van der Waals surface area contributed by atoms with E-state index in [0.29, 0.717) is 11.3 Å². The summed E-state index contributed by atoms with van der Waals surface area (Å²) in [7, 11) is 0. The first-order valence-electron chi connectivity index (χ1n) is 3.86. The third-order valence-corrected chi connectivity index (χ3v) is 2.30. The van der Waals surface area contributed by atoms with Crippen molar-refractivity contribution in [1.29, 1.82) is 0 Å². The molecule has 0 saturated heterocycles. The average Bonchev–Trinajstić information content (AvgIpc) is 2.59. The Morgan fingerprint density at radius 2 is 2.36 bits per heavy atom. The standard InChI is InChI=1S/C8H7BrN4O/c9-5-1-2-7-11-3-6(8(14)12-10)13(7)4-5/h1-4H,10H2,(H,12,14). The Morgan fingerprint density at radius 1 is 1.57 bits per heavy atom. The van der Waals surface area contributed by atoms with E-state index < -0.39 is 0 Å². The Hall–Kier alpha value is -1.40. The van der Waals surface area contributed by atoms with Crippen LogP contribution in [0.3, 0.4) is 0 Å². The van der Waals surface area contributed by atoms with Gasteiger partial charge in [0, 0.05) is 10.7 Å². The highest BCUT2D eigenvalue weighted by Crippen LogP contribution is 2.13. The molecule has 2 heterocycles. The van der Waals surface area contributed by atoms with Gasteiger partial charge in [0.15, 0.2) is 0 Å². The molecule has 1 amide bonds. The minimum atomic E-state index is -0.365. The van der Waals surface area contributed by atoms with Gasteiger partial charge in [-0.1, -0.05) is 0 Å². The maximum absolute atomic E-state index is 11.3. The van der Waals surface area contributed by atoms with Crippen molar-refractivity contribution in [3.8, 4) is 0 Å². The molecule has 6 heteroatoms. The fourth-order valence-electron chi connectivity index (χ4n) is 1.20. The van der Waals surface area contributed by atoms with Crippen LogP contribution in [0.25, 0.3) is 5.65 Å². The van der Waals surface area contributed by atoms with Crippen molar-refractivity contribution in [2.24, 2.45) is 5.84 Å². The highest BCUT2D eigenvalue weighted by molar-refractivity contribution is 9.10. The predicted molar refractivity (Wildman–Crippen MR) is 54.5 cm³/mol. The number of fused-ring (bicyclic) bond motifs is 1. The molecule has 3 N–H and O–H groups in total. The molecule has 0 spiro atoms. The molecule has 0 atom stereocenters. The summed E-state index contributed by atoms with van der Waals surface area (Å²) in [5.41, 5.74) is 3.17. The summed E-state index contributed by atoms with van der Waals surface area (Å²) in [6.45, 7) is 0. The quantitative estimate of drug-likeness (QED) is 0.447. The Kier molecular flexibility index (Phi) is 2.22. The van der Waals surface area contributed by atoms with Gasteiger partial charge in [0.25, 0.3) is 5.91 Å². The van der Waals surface area contributed by atoms with Crippen LogP contribution >= 0.6 is 15.9 Å². The summed E-state index contributed by atoms with van der Waals surface area (Å²) >= 11 is 3.31. The summed E-state index contributed by atoms with van der Waals surface area (Å²) in [4.78, 5) is 15.3. The van der Waals surface area contributed by atoms with Crippen LogP contribution in [0.15, 0.2) is 29.0 Å². The first-order valence-corrected chi connectivity index (χ1v) is 4.65. The van der Waals surface area contributed by atoms with E-state index in [-0.39, 0.29) is 5.91 Å². The molecule has 0 aliphatic rings. The molecular formula is C8H7BrN4O. The molecule has 0 aliphatic heterocycles. The summed E-state index contributed by atoms with van der Waals surface area (Å²) in [5.74, 6) is 4.67. The number of nitrogens with zero attached hydrogens (tertiary/aromatic N) is 2. The molecule has 72 valence electrons. The second-order valence-electron chi connectivity index (χ2n) is 2.69. The van der Waals surface area contributed by atoms with Crippen molar-refractivity contribution >= 4 is 27.5 Å². The summed E-state index contributed by atoms with van der Waals surface area (Å²) in [6.07, 6.45) is 3.23. The minimum Gasteiger partial charge on any atom is -0.294 e. The summed E-state index contributed by atoms with van der Waals surface area (Å²) < 4.78 is 2.53. The van der Waals surface area contributed by atoms with Gasteiger partial charge in [-0.25, -0.2) is 10.8 Å². The molecule has 0 fully saturated rings. The third kappa shape index (κ3) is 1.38. The molecule has 0 radical (unpaired) electrons. The van der Waals surface area contributed by atoms with Crippen LogP contribution in [-0.2, 0) is 0 Å². The maximum atomic E-state index is 11.3. The first-order chi connectivity index (χ1) is 6.72. The number of carbonyl (C=O) groups is 1. The van der Waals surface area contributed by atoms with Crippen molar-refractivity contribution in [2.45, 2.75) is 0 Å². The van der Waals surface area contributed by atoms with Crippen LogP contribution in [0.1, 0.15) is 10.5 Å². The molecule has 0 aliphatic carbocycles. The Morgan fingerprint density at radius 3 is 3.07 bits per heavy atom. The van der Waals surface area contributed by atoms with Gasteiger partial charge in [0.05, 0.1) is 6.20 Å². The Balaban J connectivity index is 2.67. The number of imidazole rings is 1. The van der Waals surface area contributed by atoms with Gasteiger partial charge in [0.1, 0.15) is 11.3 Å². The second kappa shape index (κ2) is 3.39. The van der Waals surface area contributed by atoms with Gasteiger partial charge in [-0.3, -0.25) is 14.6 Å². The van der Waals surface area contributed by atoms with E-state index in [1.54, 1.807) is 16.7 Å². The lowest BCUT2D eigenvalue weighted by atomic mass is 10.4. The van der Waals surface area contributed by atoms with E-state index in [0.717, 1.165) is 4.47 Å². The number of rotatable bonds is 1. The number of pyridine rings is 1. The van der Waals surface area contributed by atoms with E-state index >= 15 is 0 Å². The number of halogens is 1. The molecule has 2 rings (SSSR count). The number of carbonyl (C=O) groups excluding carboxylic acids is 1. The van der Waals surface area contributed by atoms with Crippen LogP contribution in [0, 0.1) is 0 Å². The fourth-order valence-corrected chi connectivity index (χ4v) is 1.53. The van der Waals surface area contributed by atoms with Gasteiger partial charge in [-0.15, -0.1) is 0 Å². The second-order valence-corrected chi connectivity index (χ2v) is 3.61. The number of hydrogen-bond donors (Lipinski definition) is 2. The van der Waals surface area contributed by atoms with Crippen LogP contribution < -0.4 is 11.3 Å². The number of nitrogens with two attached hydrogens (primary N) is 1. The molecular weight excluding hydrogens is 248 g/mol. The topological polar surface area (TPSA) is 72.4 Å². The minimum absolute atomic E-state index is 0.365. The molecule has 0 unspecified atom stereocenters. The van der Waals surface area contributed by atoms with Gasteiger partial charge >= 0.3 is 0 Å². The predicted octanol–water partition coefficient (Wildman–Crippen LogP) is 0.700. The zero-order valence-corrected chi connectivity index (χ0v) is 8.65. The van der Waals surface area contributed by atoms with E-state index in [9.17, 15) is 4.79 Å². The van der Waals surface area contributed by atoms with E-state index in [1.807, 2.05) is 6.07 Å². The van der Waals surface area contributed by atoms with Crippen molar-refractivity contribution in [3.05, 3.63) is 34.7 Å². The number of aromatic nitrogens is 2. The van der Waals surface area contributed by atoms with Crippen LogP contribution in [0.2, 0.25) is 0 Å². The fraction of sp³-hybridized carbons (Fsp3) is 0. The summed E-state index contributed by atoms with van der Waals surface area (Å²) in [6, 6.07) is 3.66.